The Hall–Kier alpha value is -2.22. The van der Waals surface area contributed by atoms with Crippen molar-refractivity contribution in [3.05, 3.63) is 28.4 Å². The number of carbonyl (C=O) groups excluding carboxylic acids is 1. The van der Waals surface area contributed by atoms with Gasteiger partial charge in [0.25, 0.3) is 11.5 Å². The molecule has 3 N–H and O–H groups in total. The summed E-state index contributed by atoms with van der Waals surface area (Å²) in [4.78, 5) is 41.8. The van der Waals surface area contributed by atoms with E-state index in [9.17, 15) is 14.4 Å². The molecule has 8 nitrogen and oxygen atoms in total. The minimum absolute atomic E-state index is 0.00241. The smallest absolute Gasteiger partial charge is 0.304 e. The maximum absolute atomic E-state index is 11.9. The van der Waals surface area contributed by atoms with Gasteiger partial charge in [-0.2, -0.15) is 0 Å². The molecule has 2 atom stereocenters. The highest BCUT2D eigenvalue weighted by molar-refractivity contribution is 5.91. The summed E-state index contributed by atoms with van der Waals surface area (Å²) in [6.07, 6.45) is 4.13. The van der Waals surface area contributed by atoms with Gasteiger partial charge in [0.05, 0.1) is 18.8 Å². The molecule has 0 saturated carbocycles. The summed E-state index contributed by atoms with van der Waals surface area (Å²) in [6, 6.07) is 0.101. The maximum atomic E-state index is 11.9. The Balaban J connectivity index is 1.87. The Morgan fingerprint density at radius 1 is 1.43 bits per heavy atom. The van der Waals surface area contributed by atoms with Crippen LogP contribution in [0.1, 0.15) is 29.8 Å². The molecule has 1 aromatic heterocycles. The van der Waals surface area contributed by atoms with E-state index in [1.807, 2.05) is 11.9 Å². The second-order valence-electron chi connectivity index (χ2n) is 5.17. The summed E-state index contributed by atoms with van der Waals surface area (Å²) in [5, 5.41) is 11.6. The Bertz CT molecular complexity index is 586. The number of aliphatic carboxylic acids is 1. The van der Waals surface area contributed by atoms with Gasteiger partial charge in [-0.15, -0.1) is 0 Å². The predicted molar refractivity (Wildman–Crippen MR) is 74.0 cm³/mol. The number of aromatic nitrogens is 2. The van der Waals surface area contributed by atoms with Crippen LogP contribution in [0.25, 0.3) is 0 Å². The lowest BCUT2D eigenvalue weighted by molar-refractivity contribution is -0.138. The maximum Gasteiger partial charge on any atom is 0.304 e. The van der Waals surface area contributed by atoms with Gasteiger partial charge in [0.15, 0.2) is 0 Å². The second-order valence-corrected chi connectivity index (χ2v) is 5.17. The summed E-state index contributed by atoms with van der Waals surface area (Å²) >= 11 is 0. The van der Waals surface area contributed by atoms with Gasteiger partial charge in [0.2, 0.25) is 0 Å². The van der Waals surface area contributed by atoms with Crippen LogP contribution in [-0.4, -0.2) is 57.5 Å². The number of rotatable bonds is 5. The second kappa shape index (κ2) is 6.49. The Morgan fingerprint density at radius 2 is 2.14 bits per heavy atom. The molecular weight excluding hydrogens is 276 g/mol. The molecule has 1 aliphatic heterocycles. The number of aromatic amines is 1. The lowest BCUT2D eigenvalue weighted by Gasteiger charge is -2.24. The summed E-state index contributed by atoms with van der Waals surface area (Å²) in [5.41, 5.74) is -0.313. The van der Waals surface area contributed by atoms with Crippen molar-refractivity contribution < 1.29 is 14.7 Å². The Labute approximate surface area is 121 Å². The van der Waals surface area contributed by atoms with Crippen molar-refractivity contribution in [1.29, 1.82) is 0 Å². The quantitative estimate of drug-likeness (QED) is 0.670. The van der Waals surface area contributed by atoms with Crippen molar-refractivity contribution in [1.82, 2.24) is 20.2 Å². The fraction of sp³-hybridized carbons (Fsp3) is 0.538. The third kappa shape index (κ3) is 3.88. The van der Waals surface area contributed by atoms with E-state index in [0.29, 0.717) is 6.54 Å². The molecule has 1 aromatic rings. The van der Waals surface area contributed by atoms with E-state index in [4.69, 9.17) is 5.11 Å². The van der Waals surface area contributed by atoms with Gasteiger partial charge in [0, 0.05) is 18.6 Å². The standard InChI is InChI=1S/C13H18N4O4/c1-17-8(4-12(19)20)2-3-9(17)5-15-13(21)10-6-14-7-11(18)16-10/h6-9H,2-5H2,1H3,(H,15,21)(H,16,18)(H,19,20)/t8-,9+/m1/s1. The summed E-state index contributed by atoms with van der Waals surface area (Å²) < 4.78 is 0. The van der Waals surface area contributed by atoms with Gasteiger partial charge in [-0.1, -0.05) is 0 Å². The number of hydrogen-bond acceptors (Lipinski definition) is 5. The molecule has 0 aromatic carbocycles. The number of carboxylic acid groups (broad SMARTS) is 1. The van der Waals surface area contributed by atoms with Crippen LogP contribution in [0.3, 0.4) is 0 Å². The molecule has 114 valence electrons. The molecular formula is C13H18N4O4. The number of likely N-dealkylation sites (tertiary alicyclic amines) is 1. The fourth-order valence-corrected chi connectivity index (χ4v) is 2.58. The molecule has 8 heteroatoms. The SMILES string of the molecule is CN1[C@@H](CC(=O)O)CC[C@H]1CNC(=O)c1cncc(=O)[nH]1. The number of amides is 1. The third-order valence-corrected chi connectivity index (χ3v) is 3.79. The van der Waals surface area contributed by atoms with Gasteiger partial charge in [-0.25, -0.2) is 0 Å². The molecule has 0 aliphatic carbocycles. The summed E-state index contributed by atoms with van der Waals surface area (Å²) in [7, 11) is 1.86. The summed E-state index contributed by atoms with van der Waals surface area (Å²) in [6.45, 7) is 0.405. The average Bonchev–Trinajstić information content (AvgIpc) is 2.76. The van der Waals surface area contributed by atoms with Crippen LogP contribution in [0.2, 0.25) is 0 Å². The first kappa shape index (κ1) is 15.2. The molecule has 2 rings (SSSR count). The van der Waals surface area contributed by atoms with Crippen molar-refractivity contribution in [3.63, 3.8) is 0 Å². The Morgan fingerprint density at radius 3 is 2.81 bits per heavy atom. The lowest BCUT2D eigenvalue weighted by atomic mass is 10.1. The van der Waals surface area contributed by atoms with Gasteiger partial charge in [-0.05, 0) is 19.9 Å². The van der Waals surface area contributed by atoms with E-state index >= 15 is 0 Å². The first-order chi connectivity index (χ1) is 9.97. The topological polar surface area (TPSA) is 115 Å². The number of H-pyrrole nitrogens is 1. The molecule has 1 amide bonds. The number of nitrogens with one attached hydrogen (secondary N) is 2. The zero-order chi connectivity index (χ0) is 15.4. The highest BCUT2D eigenvalue weighted by Crippen LogP contribution is 2.24. The van der Waals surface area contributed by atoms with Crippen molar-refractivity contribution in [2.75, 3.05) is 13.6 Å². The zero-order valence-electron chi connectivity index (χ0n) is 11.7. The van der Waals surface area contributed by atoms with E-state index in [2.05, 4.69) is 15.3 Å². The van der Waals surface area contributed by atoms with Crippen LogP contribution < -0.4 is 10.9 Å². The largest absolute Gasteiger partial charge is 0.481 e. The van der Waals surface area contributed by atoms with E-state index < -0.39 is 17.4 Å². The number of hydrogen-bond donors (Lipinski definition) is 3. The van der Waals surface area contributed by atoms with Crippen molar-refractivity contribution >= 4 is 11.9 Å². The number of nitrogens with zero attached hydrogens (tertiary/aromatic N) is 2. The van der Waals surface area contributed by atoms with Gasteiger partial charge in [-0.3, -0.25) is 24.3 Å². The minimum Gasteiger partial charge on any atom is -0.481 e. The van der Waals surface area contributed by atoms with E-state index in [0.717, 1.165) is 19.0 Å². The normalized spacial score (nSPS) is 22.1. The van der Waals surface area contributed by atoms with E-state index in [-0.39, 0.29) is 24.2 Å². The predicted octanol–water partition coefficient (Wildman–Crippen LogP) is -0.563. The molecule has 21 heavy (non-hydrogen) atoms. The third-order valence-electron chi connectivity index (χ3n) is 3.79. The average molecular weight is 294 g/mol. The Kier molecular flexibility index (Phi) is 4.69. The van der Waals surface area contributed by atoms with Crippen LogP contribution in [0, 0.1) is 0 Å². The monoisotopic (exact) mass is 294 g/mol. The van der Waals surface area contributed by atoms with Crippen molar-refractivity contribution in [2.45, 2.75) is 31.3 Å². The van der Waals surface area contributed by atoms with E-state index in [1.54, 1.807) is 0 Å². The van der Waals surface area contributed by atoms with Crippen molar-refractivity contribution in [3.8, 4) is 0 Å². The first-order valence-corrected chi connectivity index (χ1v) is 6.73. The lowest BCUT2D eigenvalue weighted by Crippen LogP contribution is -2.41. The number of likely N-dealkylation sites (N-methyl/N-ethyl adjacent to an activating group) is 1. The molecule has 0 unspecified atom stereocenters. The van der Waals surface area contributed by atoms with Crippen LogP contribution in [-0.2, 0) is 4.79 Å². The first-order valence-electron chi connectivity index (χ1n) is 6.73. The number of carbonyl (C=O) groups is 2. The molecule has 2 heterocycles. The number of carboxylic acids is 1. The molecule has 1 aliphatic rings. The molecule has 1 saturated heterocycles. The van der Waals surface area contributed by atoms with Crippen LogP contribution in [0.4, 0.5) is 0 Å². The van der Waals surface area contributed by atoms with Gasteiger partial charge >= 0.3 is 5.97 Å². The molecule has 1 fully saturated rings. The molecule has 0 spiro atoms. The van der Waals surface area contributed by atoms with Gasteiger partial charge in [0.1, 0.15) is 5.69 Å². The summed E-state index contributed by atoms with van der Waals surface area (Å²) in [5.74, 6) is -1.21. The highest BCUT2D eigenvalue weighted by atomic mass is 16.4. The van der Waals surface area contributed by atoms with Crippen LogP contribution in [0.5, 0.6) is 0 Å². The minimum atomic E-state index is -0.815. The van der Waals surface area contributed by atoms with E-state index in [1.165, 1.54) is 6.20 Å². The molecule has 0 bridgehead atoms. The molecule has 0 radical (unpaired) electrons. The van der Waals surface area contributed by atoms with Crippen molar-refractivity contribution in [2.24, 2.45) is 0 Å². The zero-order valence-corrected chi connectivity index (χ0v) is 11.7. The van der Waals surface area contributed by atoms with Gasteiger partial charge < -0.3 is 15.4 Å². The van der Waals surface area contributed by atoms with Crippen LogP contribution in [0.15, 0.2) is 17.2 Å². The fourth-order valence-electron chi connectivity index (χ4n) is 2.58. The highest BCUT2D eigenvalue weighted by Gasteiger charge is 2.31. The van der Waals surface area contributed by atoms with Crippen LogP contribution >= 0.6 is 0 Å².